The van der Waals surface area contributed by atoms with E-state index in [0.717, 1.165) is 17.2 Å². The summed E-state index contributed by atoms with van der Waals surface area (Å²) in [6.07, 6.45) is -0.891. The van der Waals surface area contributed by atoms with Crippen LogP contribution in [0.1, 0.15) is 11.1 Å². The molecule has 2 aromatic heterocycles. The average Bonchev–Trinajstić information content (AvgIpc) is 3.18. The van der Waals surface area contributed by atoms with Gasteiger partial charge >= 0.3 is 17.2 Å². The van der Waals surface area contributed by atoms with Gasteiger partial charge in [0.1, 0.15) is 66.2 Å². The molecule has 0 saturated carbocycles. The Kier molecular flexibility index (Phi) is 12.0. The first-order valence-electron chi connectivity index (χ1n) is 17.4. The number of hydrogen-bond acceptors (Lipinski definition) is 12. The van der Waals surface area contributed by atoms with Gasteiger partial charge < -0.3 is 42.4 Å². The average molecular weight is 749 g/mol. The number of ether oxygens (including phenoxy) is 6. The number of esters is 1. The summed E-state index contributed by atoms with van der Waals surface area (Å²) in [6, 6.07) is 24.8. The number of fused-ring (bicyclic) bond motifs is 2. The second-order valence-corrected chi connectivity index (χ2v) is 12.8. The van der Waals surface area contributed by atoms with Gasteiger partial charge in [-0.1, -0.05) is 30.8 Å². The van der Waals surface area contributed by atoms with E-state index in [1.54, 1.807) is 62.8 Å². The van der Waals surface area contributed by atoms with Crippen LogP contribution in [0.25, 0.3) is 44.2 Å². The summed E-state index contributed by atoms with van der Waals surface area (Å²) in [5, 5.41) is 11.7. The number of carbonyl (C=O) groups is 1. The minimum atomic E-state index is -1.14. The highest BCUT2D eigenvalue weighted by atomic mass is 16.6. The Labute approximate surface area is 316 Å². The number of aliphatic hydroxyl groups excluding tert-OH is 1. The molecule has 0 spiro atoms. The van der Waals surface area contributed by atoms with Gasteiger partial charge in [-0.2, -0.15) is 0 Å². The molecular weight excluding hydrogens is 708 g/mol. The summed E-state index contributed by atoms with van der Waals surface area (Å²) >= 11 is 0. The zero-order valence-corrected chi connectivity index (χ0v) is 30.8. The molecule has 12 heteroatoms. The highest BCUT2D eigenvalue weighted by Crippen LogP contribution is 2.33. The highest BCUT2D eigenvalue weighted by Gasteiger charge is 2.19. The largest absolute Gasteiger partial charge is 0.496 e. The van der Waals surface area contributed by atoms with Crippen LogP contribution in [0.4, 0.5) is 0 Å². The third-order valence-corrected chi connectivity index (χ3v) is 8.69. The van der Waals surface area contributed by atoms with Gasteiger partial charge in [-0.3, -0.25) is 0 Å². The third-order valence-electron chi connectivity index (χ3n) is 8.69. The molecule has 0 aliphatic carbocycles. The van der Waals surface area contributed by atoms with Crippen LogP contribution >= 0.6 is 0 Å². The fourth-order valence-electron chi connectivity index (χ4n) is 5.84. The molecule has 4 aromatic carbocycles. The molecule has 12 nitrogen and oxygen atoms in total. The molecule has 284 valence electrons. The maximum absolute atomic E-state index is 13.1. The van der Waals surface area contributed by atoms with Crippen molar-refractivity contribution < 1.29 is 47.2 Å². The quantitative estimate of drug-likeness (QED) is 0.0629. The number of methoxy groups -OCH3 is 2. The molecule has 1 unspecified atom stereocenters. The first kappa shape index (κ1) is 38.4. The smallest absolute Gasteiger partial charge is 0.344 e. The molecule has 0 bridgehead atoms. The van der Waals surface area contributed by atoms with Gasteiger partial charge in [0, 0.05) is 40.1 Å². The Morgan fingerprint density at radius 2 is 1.16 bits per heavy atom. The van der Waals surface area contributed by atoms with Crippen molar-refractivity contribution in [3.05, 3.63) is 130 Å². The van der Waals surface area contributed by atoms with Crippen molar-refractivity contribution in [2.45, 2.75) is 26.1 Å². The van der Waals surface area contributed by atoms with Crippen molar-refractivity contribution in [1.82, 2.24) is 0 Å². The van der Waals surface area contributed by atoms with Crippen LogP contribution in [-0.4, -0.2) is 63.9 Å². The Balaban J connectivity index is 1.18. The number of benzene rings is 4. The normalized spacial score (nSPS) is 11.7. The second-order valence-electron chi connectivity index (χ2n) is 12.8. The molecule has 55 heavy (non-hydrogen) atoms. The van der Waals surface area contributed by atoms with E-state index in [0.29, 0.717) is 67.2 Å². The van der Waals surface area contributed by atoms with Crippen molar-refractivity contribution in [2.24, 2.45) is 0 Å². The molecule has 0 aliphatic rings. The molecule has 0 radical (unpaired) electrons. The van der Waals surface area contributed by atoms with Crippen molar-refractivity contribution in [3.63, 3.8) is 0 Å². The van der Waals surface area contributed by atoms with Gasteiger partial charge in [-0.25, -0.2) is 14.4 Å². The number of aryl methyl sites for hydroxylation is 2. The zero-order chi connectivity index (χ0) is 39.1. The summed E-state index contributed by atoms with van der Waals surface area (Å²) in [4.78, 5) is 37.6. The fraction of sp³-hybridized carbons (Fsp3) is 0.233. The molecule has 0 amide bonds. The Morgan fingerprint density at radius 1 is 0.673 bits per heavy atom. The lowest BCUT2D eigenvalue weighted by Gasteiger charge is -2.21. The van der Waals surface area contributed by atoms with Crippen LogP contribution in [0.3, 0.4) is 0 Å². The summed E-state index contributed by atoms with van der Waals surface area (Å²) in [6.45, 7) is 6.61. The lowest BCUT2D eigenvalue weighted by molar-refractivity contribution is -0.142. The van der Waals surface area contributed by atoms with Crippen LogP contribution in [0.2, 0.25) is 0 Å². The molecule has 1 atom stereocenters. The standard InChI is InChI=1S/C43H40O12/c1-6-41(45)53-22-29(44)21-50-32(23-51-30-11-9-27-17-35(42(46)54-37(27)19-30)33-13-7-25(2)15-39(33)48-4)24-52-31-12-10-28-18-36(43(47)55-38(28)20-31)34-14-8-26(3)16-40(34)49-5/h6-20,29,32,44H,1,21-24H2,2-5H3. The van der Waals surface area contributed by atoms with Crippen LogP contribution in [-0.2, 0) is 14.3 Å². The highest BCUT2D eigenvalue weighted by molar-refractivity contribution is 5.85. The third kappa shape index (κ3) is 9.23. The van der Waals surface area contributed by atoms with Crippen molar-refractivity contribution in [1.29, 1.82) is 0 Å². The molecule has 2 heterocycles. The SMILES string of the molecule is C=CC(=O)OCC(O)COC(COc1ccc2cc(-c3ccc(C)cc3OC)c(=O)oc2c1)COc1ccc2cc(-c3ccc(C)cc3OC)c(=O)oc2c1. The summed E-state index contributed by atoms with van der Waals surface area (Å²) < 4.78 is 45.3. The fourth-order valence-corrected chi connectivity index (χ4v) is 5.84. The second kappa shape index (κ2) is 17.2. The summed E-state index contributed by atoms with van der Waals surface area (Å²) in [7, 11) is 3.10. The van der Waals surface area contributed by atoms with Crippen molar-refractivity contribution >= 4 is 27.9 Å². The van der Waals surface area contributed by atoms with E-state index in [-0.39, 0.29) is 26.4 Å². The molecule has 1 N–H and O–H groups in total. The van der Waals surface area contributed by atoms with E-state index in [2.05, 4.69) is 6.58 Å². The molecule has 0 fully saturated rings. The molecule has 6 aromatic rings. The lowest BCUT2D eigenvalue weighted by atomic mass is 10.0. The molecular formula is C43H40O12. The summed E-state index contributed by atoms with van der Waals surface area (Å²) in [5.74, 6) is 1.22. The van der Waals surface area contributed by atoms with E-state index in [1.807, 2.05) is 50.2 Å². The minimum absolute atomic E-state index is 0.0437. The Hall–Kier alpha value is -6.37. The number of hydrogen-bond donors (Lipinski definition) is 1. The maximum Gasteiger partial charge on any atom is 0.344 e. The van der Waals surface area contributed by atoms with Gasteiger partial charge in [0.05, 0.1) is 32.0 Å². The van der Waals surface area contributed by atoms with E-state index in [9.17, 15) is 19.5 Å². The number of aliphatic hydroxyl groups is 1. The molecule has 0 saturated heterocycles. The van der Waals surface area contributed by atoms with Crippen LogP contribution in [0.5, 0.6) is 23.0 Å². The van der Waals surface area contributed by atoms with E-state index >= 15 is 0 Å². The maximum atomic E-state index is 13.1. The predicted octanol–water partition coefficient (Wildman–Crippen LogP) is 6.80. The van der Waals surface area contributed by atoms with E-state index in [1.165, 1.54) is 0 Å². The van der Waals surface area contributed by atoms with E-state index in [4.69, 9.17) is 37.3 Å². The van der Waals surface area contributed by atoms with E-state index < -0.39 is 29.4 Å². The lowest BCUT2D eigenvalue weighted by Crippen LogP contribution is -2.33. The minimum Gasteiger partial charge on any atom is -0.496 e. The van der Waals surface area contributed by atoms with Gasteiger partial charge in [0.25, 0.3) is 0 Å². The zero-order valence-electron chi connectivity index (χ0n) is 30.8. The summed E-state index contributed by atoms with van der Waals surface area (Å²) in [5.41, 5.74) is 3.49. The topological polar surface area (TPSA) is 153 Å². The molecule has 6 rings (SSSR count). The van der Waals surface area contributed by atoms with Gasteiger partial charge in [-0.15, -0.1) is 0 Å². The van der Waals surface area contributed by atoms with Crippen molar-refractivity contribution in [3.8, 4) is 45.3 Å². The Morgan fingerprint density at radius 3 is 1.62 bits per heavy atom. The monoisotopic (exact) mass is 748 g/mol. The number of carbonyl (C=O) groups excluding carboxylic acids is 1. The van der Waals surface area contributed by atoms with Gasteiger partial charge in [0.2, 0.25) is 0 Å². The number of rotatable bonds is 16. The van der Waals surface area contributed by atoms with Crippen LogP contribution in [0, 0.1) is 13.8 Å². The first-order chi connectivity index (χ1) is 26.5. The van der Waals surface area contributed by atoms with Gasteiger partial charge in [0.15, 0.2) is 0 Å². The Bertz CT molecular complexity index is 2310. The van der Waals surface area contributed by atoms with Crippen molar-refractivity contribution in [2.75, 3.05) is 40.6 Å². The van der Waals surface area contributed by atoms with Crippen LogP contribution < -0.4 is 30.2 Å². The molecule has 0 aliphatic heterocycles. The first-order valence-corrected chi connectivity index (χ1v) is 17.4. The predicted molar refractivity (Wildman–Crippen MR) is 206 cm³/mol. The van der Waals surface area contributed by atoms with Crippen LogP contribution in [0.15, 0.2) is 116 Å². The van der Waals surface area contributed by atoms with Gasteiger partial charge in [-0.05, 0) is 73.5 Å².